The third-order valence-corrected chi connectivity index (χ3v) is 4.01. The van der Waals surface area contributed by atoms with Crippen molar-refractivity contribution in [3.8, 4) is 0 Å². The first-order chi connectivity index (χ1) is 8.74. The van der Waals surface area contributed by atoms with E-state index in [1.165, 1.54) is 24.1 Å². The Morgan fingerprint density at radius 1 is 1.28 bits per heavy atom. The second-order valence-electron chi connectivity index (χ2n) is 5.18. The molecule has 2 N–H and O–H groups in total. The number of pyridine rings is 1. The summed E-state index contributed by atoms with van der Waals surface area (Å²) in [5.41, 5.74) is 2.62. The molecular formula is C15H24N2O. The van der Waals surface area contributed by atoms with Crippen molar-refractivity contribution in [3.05, 3.63) is 23.4 Å². The molecule has 18 heavy (non-hydrogen) atoms. The number of nitrogens with one attached hydrogen (secondary N) is 1. The van der Waals surface area contributed by atoms with E-state index in [1.54, 1.807) is 0 Å². The van der Waals surface area contributed by atoms with Gasteiger partial charge in [-0.1, -0.05) is 32.8 Å². The highest BCUT2D eigenvalue weighted by atomic mass is 16.3. The fraction of sp³-hybridized carbons (Fsp3) is 0.667. The summed E-state index contributed by atoms with van der Waals surface area (Å²) < 4.78 is 0. The molecule has 2 rings (SSSR count). The summed E-state index contributed by atoms with van der Waals surface area (Å²) in [6.07, 6.45) is 5.25. The predicted molar refractivity (Wildman–Crippen MR) is 74.8 cm³/mol. The molecule has 0 aliphatic heterocycles. The number of nitrogens with zero attached hydrogens (tertiary/aromatic N) is 1. The van der Waals surface area contributed by atoms with Gasteiger partial charge < -0.3 is 10.4 Å². The first-order valence-electron chi connectivity index (χ1n) is 7.15. The Hall–Kier alpha value is -1.09. The molecule has 0 saturated heterocycles. The number of aliphatic hydroxyl groups is 1. The van der Waals surface area contributed by atoms with E-state index in [2.05, 4.69) is 30.2 Å². The average Bonchev–Trinajstić information content (AvgIpc) is 2.85. The minimum atomic E-state index is -0.282. The van der Waals surface area contributed by atoms with Crippen molar-refractivity contribution in [2.75, 3.05) is 11.9 Å². The number of hydrogen-bond donors (Lipinski definition) is 2. The molecule has 1 heterocycles. The van der Waals surface area contributed by atoms with Gasteiger partial charge in [-0.05, 0) is 36.8 Å². The summed E-state index contributed by atoms with van der Waals surface area (Å²) in [5.74, 6) is 1.28. The highest BCUT2D eigenvalue weighted by Gasteiger charge is 2.16. The number of hydrogen-bond acceptors (Lipinski definition) is 3. The molecular weight excluding hydrogens is 224 g/mol. The fourth-order valence-electron chi connectivity index (χ4n) is 2.73. The number of rotatable bonds is 6. The van der Waals surface area contributed by atoms with Gasteiger partial charge >= 0.3 is 0 Å². The van der Waals surface area contributed by atoms with Crippen molar-refractivity contribution in [2.24, 2.45) is 5.92 Å². The van der Waals surface area contributed by atoms with Crippen molar-refractivity contribution in [2.45, 2.75) is 52.1 Å². The third kappa shape index (κ3) is 3.02. The van der Waals surface area contributed by atoms with Gasteiger partial charge in [-0.2, -0.15) is 0 Å². The van der Waals surface area contributed by atoms with Gasteiger partial charge in [-0.25, -0.2) is 4.98 Å². The van der Waals surface area contributed by atoms with Crippen molar-refractivity contribution in [1.82, 2.24) is 4.98 Å². The lowest BCUT2D eigenvalue weighted by atomic mass is 9.96. The van der Waals surface area contributed by atoms with Gasteiger partial charge in [0.1, 0.15) is 5.82 Å². The van der Waals surface area contributed by atoms with Crippen LogP contribution in [-0.2, 0) is 12.8 Å². The van der Waals surface area contributed by atoms with Crippen LogP contribution in [0.15, 0.2) is 12.1 Å². The molecule has 1 aromatic heterocycles. The van der Waals surface area contributed by atoms with Crippen LogP contribution in [0.4, 0.5) is 5.82 Å². The van der Waals surface area contributed by atoms with Crippen LogP contribution < -0.4 is 5.32 Å². The molecule has 0 aromatic carbocycles. The second kappa shape index (κ2) is 6.19. The van der Waals surface area contributed by atoms with Crippen molar-refractivity contribution in [3.63, 3.8) is 0 Å². The lowest BCUT2D eigenvalue weighted by Crippen LogP contribution is -2.28. The molecule has 0 spiro atoms. The smallest absolute Gasteiger partial charge is 0.126 e. The lowest BCUT2D eigenvalue weighted by molar-refractivity contribution is 0.114. The van der Waals surface area contributed by atoms with Gasteiger partial charge in [-0.3, -0.25) is 0 Å². The van der Waals surface area contributed by atoms with Crippen LogP contribution in [0.3, 0.4) is 0 Å². The normalized spacial score (nSPS) is 15.8. The lowest BCUT2D eigenvalue weighted by Gasteiger charge is -2.20. The summed E-state index contributed by atoms with van der Waals surface area (Å²) in [4.78, 5) is 4.61. The van der Waals surface area contributed by atoms with Crippen molar-refractivity contribution < 1.29 is 5.11 Å². The van der Waals surface area contributed by atoms with E-state index in [1.807, 2.05) is 6.07 Å². The second-order valence-corrected chi connectivity index (χ2v) is 5.18. The highest BCUT2D eigenvalue weighted by Crippen LogP contribution is 2.21. The topological polar surface area (TPSA) is 45.1 Å². The maximum atomic E-state index is 10.1. The Kier molecular flexibility index (Phi) is 4.59. The van der Waals surface area contributed by atoms with Gasteiger partial charge in [0.25, 0.3) is 0 Å². The van der Waals surface area contributed by atoms with Gasteiger partial charge in [0, 0.05) is 12.2 Å². The van der Waals surface area contributed by atoms with Gasteiger partial charge in [0.2, 0.25) is 0 Å². The van der Waals surface area contributed by atoms with E-state index in [0.29, 0.717) is 12.5 Å². The average molecular weight is 248 g/mol. The number of aryl methyl sites for hydroxylation is 2. The molecule has 1 aliphatic rings. The summed E-state index contributed by atoms with van der Waals surface area (Å²) >= 11 is 0. The van der Waals surface area contributed by atoms with Crippen LogP contribution in [0.5, 0.6) is 0 Å². The summed E-state index contributed by atoms with van der Waals surface area (Å²) in [5, 5.41) is 13.3. The molecule has 1 aromatic rings. The van der Waals surface area contributed by atoms with Crippen LogP contribution in [0.2, 0.25) is 0 Å². The van der Waals surface area contributed by atoms with E-state index in [4.69, 9.17) is 0 Å². The Labute approximate surface area is 110 Å². The molecule has 0 amide bonds. The Morgan fingerprint density at radius 3 is 2.78 bits per heavy atom. The molecule has 1 atom stereocenters. The van der Waals surface area contributed by atoms with Crippen LogP contribution in [0.1, 0.15) is 44.4 Å². The minimum absolute atomic E-state index is 0.282. The molecule has 0 saturated carbocycles. The standard InChI is InChI=1S/C15H24N2O/c1-3-11(4-2)14(18)10-16-15-9-8-12-6-5-7-13(12)17-15/h8-9,11,14,18H,3-7,10H2,1-2H3,(H,16,17). The monoisotopic (exact) mass is 248 g/mol. The quantitative estimate of drug-likeness (QED) is 0.813. The molecule has 0 bridgehead atoms. The SMILES string of the molecule is CCC(CC)C(O)CNc1ccc2c(n1)CCC2. The zero-order valence-electron chi connectivity index (χ0n) is 11.4. The number of fused-ring (bicyclic) bond motifs is 1. The maximum Gasteiger partial charge on any atom is 0.126 e. The van der Waals surface area contributed by atoms with Crippen molar-refractivity contribution in [1.29, 1.82) is 0 Å². The summed E-state index contributed by atoms with van der Waals surface area (Å²) in [7, 11) is 0. The van der Waals surface area contributed by atoms with Gasteiger partial charge in [0.15, 0.2) is 0 Å². The van der Waals surface area contributed by atoms with E-state index in [9.17, 15) is 5.11 Å². The van der Waals surface area contributed by atoms with E-state index in [-0.39, 0.29) is 6.10 Å². The predicted octanol–water partition coefficient (Wildman–Crippen LogP) is 2.78. The molecule has 1 aliphatic carbocycles. The molecule has 3 nitrogen and oxygen atoms in total. The van der Waals surface area contributed by atoms with Crippen LogP contribution >= 0.6 is 0 Å². The Balaban J connectivity index is 1.90. The molecule has 3 heteroatoms. The summed E-state index contributed by atoms with van der Waals surface area (Å²) in [6, 6.07) is 4.20. The number of anilines is 1. The molecule has 0 radical (unpaired) electrons. The fourth-order valence-corrected chi connectivity index (χ4v) is 2.73. The van der Waals surface area contributed by atoms with Gasteiger partial charge in [-0.15, -0.1) is 0 Å². The van der Waals surface area contributed by atoms with Crippen molar-refractivity contribution >= 4 is 5.82 Å². The van der Waals surface area contributed by atoms with Crippen LogP contribution in [0.25, 0.3) is 0 Å². The molecule has 100 valence electrons. The largest absolute Gasteiger partial charge is 0.391 e. The van der Waals surface area contributed by atoms with E-state index in [0.717, 1.165) is 25.1 Å². The van der Waals surface area contributed by atoms with E-state index < -0.39 is 0 Å². The van der Waals surface area contributed by atoms with E-state index >= 15 is 0 Å². The molecule has 1 unspecified atom stereocenters. The zero-order valence-corrected chi connectivity index (χ0v) is 11.4. The van der Waals surface area contributed by atoms with Crippen LogP contribution in [0, 0.1) is 5.92 Å². The number of aliphatic hydroxyl groups excluding tert-OH is 1. The summed E-state index contributed by atoms with van der Waals surface area (Å²) in [6.45, 7) is 4.86. The van der Waals surface area contributed by atoms with Crippen LogP contribution in [-0.4, -0.2) is 22.7 Å². The third-order valence-electron chi connectivity index (χ3n) is 4.01. The number of aromatic nitrogens is 1. The first kappa shape index (κ1) is 13.3. The zero-order chi connectivity index (χ0) is 13.0. The Morgan fingerprint density at radius 2 is 2.06 bits per heavy atom. The minimum Gasteiger partial charge on any atom is -0.391 e. The maximum absolute atomic E-state index is 10.1. The van der Waals surface area contributed by atoms with Gasteiger partial charge in [0.05, 0.1) is 6.10 Å². The molecule has 0 fully saturated rings. The Bertz CT molecular complexity index is 388. The highest BCUT2D eigenvalue weighted by molar-refractivity contribution is 5.40. The first-order valence-corrected chi connectivity index (χ1v) is 7.15.